The van der Waals surface area contributed by atoms with Crippen LogP contribution < -0.4 is 5.73 Å². The minimum Gasteiger partial charge on any atom is -0.399 e. The molecule has 82 valence electrons. The molecular formula is C11H9ClN2O2. The van der Waals surface area contributed by atoms with Gasteiger partial charge in [-0.1, -0.05) is 17.7 Å². The molecule has 16 heavy (non-hydrogen) atoms. The van der Waals surface area contributed by atoms with E-state index in [9.17, 15) is 9.59 Å². The van der Waals surface area contributed by atoms with Crippen molar-refractivity contribution in [2.75, 3.05) is 12.3 Å². The molecule has 1 aromatic rings. The summed E-state index contributed by atoms with van der Waals surface area (Å²) in [6, 6.07) is 4.68. The van der Waals surface area contributed by atoms with Gasteiger partial charge in [0.05, 0.1) is 11.1 Å². The normalized spacial score (nSPS) is 14.9. The molecule has 0 unspecified atom stereocenters. The predicted octanol–water partition coefficient (Wildman–Crippen LogP) is 1.62. The summed E-state index contributed by atoms with van der Waals surface area (Å²) in [5.74, 6) is -0.642. The molecule has 1 aliphatic rings. The van der Waals surface area contributed by atoms with Crippen LogP contribution in [-0.2, 0) is 0 Å². The summed E-state index contributed by atoms with van der Waals surface area (Å²) in [5, 5.41) is 0. The minimum atomic E-state index is -0.331. The Balaban J connectivity index is 2.40. The molecule has 1 aromatic carbocycles. The number of halogens is 1. The van der Waals surface area contributed by atoms with Gasteiger partial charge in [0.2, 0.25) is 0 Å². The van der Waals surface area contributed by atoms with Gasteiger partial charge in [0.1, 0.15) is 0 Å². The summed E-state index contributed by atoms with van der Waals surface area (Å²) in [4.78, 5) is 24.8. The van der Waals surface area contributed by atoms with Crippen LogP contribution in [0, 0.1) is 0 Å². The third-order valence-electron chi connectivity index (χ3n) is 2.37. The van der Waals surface area contributed by atoms with Crippen molar-refractivity contribution in [3.05, 3.63) is 40.9 Å². The first kappa shape index (κ1) is 10.7. The molecule has 0 aliphatic carbocycles. The van der Waals surface area contributed by atoms with Gasteiger partial charge < -0.3 is 5.73 Å². The maximum atomic E-state index is 11.8. The van der Waals surface area contributed by atoms with Gasteiger partial charge in [-0.15, -0.1) is 0 Å². The fourth-order valence-electron chi connectivity index (χ4n) is 1.62. The van der Waals surface area contributed by atoms with E-state index in [2.05, 4.69) is 0 Å². The van der Waals surface area contributed by atoms with Crippen LogP contribution in [0.4, 0.5) is 5.69 Å². The summed E-state index contributed by atoms with van der Waals surface area (Å²) in [6.45, 7) is 0.176. The number of anilines is 1. The molecule has 0 atom stereocenters. The van der Waals surface area contributed by atoms with Crippen molar-refractivity contribution < 1.29 is 9.59 Å². The van der Waals surface area contributed by atoms with Gasteiger partial charge in [0.15, 0.2) is 0 Å². The highest BCUT2D eigenvalue weighted by Gasteiger charge is 2.34. The first-order valence-electron chi connectivity index (χ1n) is 4.66. The molecule has 5 heteroatoms. The van der Waals surface area contributed by atoms with E-state index in [1.54, 1.807) is 12.1 Å². The Hall–Kier alpha value is -1.81. The van der Waals surface area contributed by atoms with E-state index in [1.807, 2.05) is 0 Å². The van der Waals surface area contributed by atoms with Crippen molar-refractivity contribution in [2.45, 2.75) is 0 Å². The molecule has 0 saturated heterocycles. The molecule has 0 fully saturated rings. The maximum Gasteiger partial charge on any atom is 0.261 e. The highest BCUT2D eigenvalue weighted by molar-refractivity contribution is 6.25. The van der Waals surface area contributed by atoms with Crippen LogP contribution >= 0.6 is 11.6 Å². The lowest BCUT2D eigenvalue weighted by molar-refractivity contribution is 0.0672. The highest BCUT2D eigenvalue weighted by atomic mass is 35.5. The fraction of sp³-hybridized carbons (Fsp3) is 0.0909. The molecule has 2 rings (SSSR count). The van der Waals surface area contributed by atoms with Crippen molar-refractivity contribution >= 4 is 29.1 Å². The number of carbonyl (C=O) groups is 2. The van der Waals surface area contributed by atoms with Crippen LogP contribution in [0.5, 0.6) is 0 Å². The van der Waals surface area contributed by atoms with Gasteiger partial charge in [-0.05, 0) is 18.2 Å². The molecule has 2 N–H and O–H groups in total. The van der Waals surface area contributed by atoms with E-state index in [4.69, 9.17) is 17.3 Å². The number of carbonyl (C=O) groups excluding carboxylic acids is 2. The molecule has 1 heterocycles. The van der Waals surface area contributed by atoms with E-state index in [1.165, 1.54) is 17.7 Å². The lowest BCUT2D eigenvalue weighted by Gasteiger charge is -2.09. The second-order valence-electron chi connectivity index (χ2n) is 3.39. The Bertz CT molecular complexity index is 497. The highest BCUT2D eigenvalue weighted by Crippen LogP contribution is 2.24. The Morgan fingerprint density at radius 2 is 1.94 bits per heavy atom. The number of nitrogens with two attached hydrogens (primary N) is 1. The Morgan fingerprint density at radius 3 is 2.62 bits per heavy atom. The number of nitrogen functional groups attached to an aromatic ring is 1. The number of imide groups is 1. The van der Waals surface area contributed by atoms with Crippen LogP contribution in [0.1, 0.15) is 20.7 Å². The van der Waals surface area contributed by atoms with Crippen molar-refractivity contribution in [3.8, 4) is 0 Å². The SMILES string of the molecule is Nc1ccc2c(c1)C(=O)N(C/C=C/Cl)C2=O. The quantitative estimate of drug-likeness (QED) is 0.627. The van der Waals surface area contributed by atoms with Gasteiger partial charge >= 0.3 is 0 Å². The zero-order chi connectivity index (χ0) is 11.7. The smallest absolute Gasteiger partial charge is 0.261 e. The Morgan fingerprint density at radius 1 is 1.25 bits per heavy atom. The molecule has 0 spiro atoms. The van der Waals surface area contributed by atoms with E-state index < -0.39 is 0 Å². The van der Waals surface area contributed by atoms with E-state index >= 15 is 0 Å². The first-order chi connectivity index (χ1) is 7.65. The maximum absolute atomic E-state index is 11.8. The van der Waals surface area contributed by atoms with Gasteiger partial charge in [-0.25, -0.2) is 0 Å². The molecule has 4 nitrogen and oxygen atoms in total. The number of benzene rings is 1. The van der Waals surface area contributed by atoms with Gasteiger partial charge in [-0.2, -0.15) is 0 Å². The Labute approximate surface area is 97.3 Å². The summed E-state index contributed by atoms with van der Waals surface area (Å²) >= 11 is 5.36. The molecule has 2 amide bonds. The van der Waals surface area contributed by atoms with Gasteiger partial charge in [0.25, 0.3) is 11.8 Å². The number of hydrogen-bond donors (Lipinski definition) is 1. The van der Waals surface area contributed by atoms with Gasteiger partial charge in [-0.3, -0.25) is 14.5 Å². The number of rotatable bonds is 2. The van der Waals surface area contributed by atoms with Crippen LogP contribution in [0.2, 0.25) is 0 Å². The summed E-state index contributed by atoms with van der Waals surface area (Å²) in [5.41, 5.74) is 8.06. The summed E-state index contributed by atoms with van der Waals surface area (Å²) in [7, 11) is 0. The number of hydrogen-bond acceptors (Lipinski definition) is 3. The minimum absolute atomic E-state index is 0.176. The van der Waals surface area contributed by atoms with E-state index in [0.29, 0.717) is 16.8 Å². The van der Waals surface area contributed by atoms with E-state index in [0.717, 1.165) is 4.90 Å². The predicted molar refractivity (Wildman–Crippen MR) is 61.2 cm³/mol. The van der Waals surface area contributed by atoms with Crippen LogP contribution in [0.15, 0.2) is 29.8 Å². The summed E-state index contributed by atoms with van der Waals surface area (Å²) in [6.07, 6.45) is 1.53. The van der Waals surface area contributed by atoms with Crippen molar-refractivity contribution in [1.82, 2.24) is 4.90 Å². The van der Waals surface area contributed by atoms with Crippen molar-refractivity contribution in [2.24, 2.45) is 0 Å². The zero-order valence-electron chi connectivity index (χ0n) is 8.31. The summed E-state index contributed by atoms with van der Waals surface area (Å²) < 4.78 is 0. The standard InChI is InChI=1S/C11H9ClN2O2/c12-4-1-5-14-10(15)8-3-2-7(13)6-9(8)11(14)16/h1-4,6H,5,13H2/b4-1+. The number of fused-ring (bicyclic) bond motifs is 1. The van der Waals surface area contributed by atoms with Crippen LogP contribution in [0.25, 0.3) is 0 Å². The van der Waals surface area contributed by atoms with Crippen LogP contribution in [-0.4, -0.2) is 23.3 Å². The lowest BCUT2D eigenvalue weighted by Crippen LogP contribution is -2.29. The third kappa shape index (κ3) is 1.57. The third-order valence-corrected chi connectivity index (χ3v) is 2.55. The molecule has 0 aromatic heterocycles. The molecule has 0 bridgehead atoms. The average molecular weight is 237 g/mol. The van der Waals surface area contributed by atoms with E-state index in [-0.39, 0.29) is 18.4 Å². The molecule has 1 aliphatic heterocycles. The zero-order valence-corrected chi connectivity index (χ0v) is 9.07. The molecule has 0 saturated carbocycles. The van der Waals surface area contributed by atoms with Crippen molar-refractivity contribution in [1.29, 1.82) is 0 Å². The first-order valence-corrected chi connectivity index (χ1v) is 5.09. The second-order valence-corrected chi connectivity index (χ2v) is 3.64. The molecular weight excluding hydrogens is 228 g/mol. The number of amides is 2. The van der Waals surface area contributed by atoms with Gasteiger partial charge in [0, 0.05) is 17.8 Å². The average Bonchev–Trinajstić information content (AvgIpc) is 2.50. The topological polar surface area (TPSA) is 63.4 Å². The monoisotopic (exact) mass is 236 g/mol. The Kier molecular flexibility index (Phi) is 2.66. The number of nitrogens with zero attached hydrogens (tertiary/aromatic N) is 1. The van der Waals surface area contributed by atoms with Crippen LogP contribution in [0.3, 0.4) is 0 Å². The lowest BCUT2D eigenvalue weighted by atomic mass is 10.1. The van der Waals surface area contributed by atoms with Crippen molar-refractivity contribution in [3.63, 3.8) is 0 Å². The fourth-order valence-corrected chi connectivity index (χ4v) is 1.70. The largest absolute Gasteiger partial charge is 0.399 e. The molecule has 0 radical (unpaired) electrons. The second kappa shape index (κ2) is 3.98.